The number of nitrogens with one attached hydrogen (secondary N) is 3. The van der Waals surface area contributed by atoms with Gasteiger partial charge >= 0.3 is 0 Å². The molecule has 0 radical (unpaired) electrons. The number of carbonyl (C=O) groups excluding carboxylic acids is 2. The van der Waals surface area contributed by atoms with Gasteiger partial charge in [0.2, 0.25) is 5.91 Å². The van der Waals surface area contributed by atoms with Gasteiger partial charge in [-0.1, -0.05) is 6.92 Å². The number of anilines is 1. The van der Waals surface area contributed by atoms with Crippen LogP contribution >= 0.6 is 0 Å². The van der Waals surface area contributed by atoms with Crippen LogP contribution in [0.25, 0.3) is 0 Å². The molecular weight excluding hydrogens is 256 g/mol. The lowest BCUT2D eigenvalue weighted by Gasteiger charge is -2.12. The van der Waals surface area contributed by atoms with Gasteiger partial charge in [-0.05, 0) is 26.3 Å². The summed E-state index contributed by atoms with van der Waals surface area (Å²) < 4.78 is 0. The van der Waals surface area contributed by atoms with Gasteiger partial charge in [-0.2, -0.15) is 0 Å². The first-order chi connectivity index (χ1) is 9.58. The van der Waals surface area contributed by atoms with Crippen LogP contribution in [-0.2, 0) is 4.79 Å². The van der Waals surface area contributed by atoms with E-state index in [-0.39, 0.29) is 18.4 Å². The first-order valence-electron chi connectivity index (χ1n) is 6.83. The molecule has 0 saturated carbocycles. The van der Waals surface area contributed by atoms with Crippen molar-refractivity contribution >= 4 is 17.5 Å². The van der Waals surface area contributed by atoms with E-state index in [1.54, 1.807) is 0 Å². The quantitative estimate of drug-likeness (QED) is 0.697. The van der Waals surface area contributed by atoms with E-state index in [0.717, 1.165) is 24.3 Å². The number of pyridine rings is 1. The van der Waals surface area contributed by atoms with Gasteiger partial charge in [-0.3, -0.25) is 14.6 Å². The zero-order chi connectivity index (χ0) is 15.0. The Morgan fingerprint density at radius 2 is 2.00 bits per heavy atom. The summed E-state index contributed by atoms with van der Waals surface area (Å²) in [6.45, 7) is 7.04. The minimum Gasteiger partial charge on any atom is -0.384 e. The largest absolute Gasteiger partial charge is 0.384 e. The van der Waals surface area contributed by atoms with E-state index in [1.165, 1.54) is 6.20 Å². The van der Waals surface area contributed by atoms with Crippen LogP contribution in [0, 0.1) is 6.92 Å². The van der Waals surface area contributed by atoms with Crippen LogP contribution in [-0.4, -0.2) is 36.4 Å². The summed E-state index contributed by atoms with van der Waals surface area (Å²) in [5.74, 6) is -0.508. The summed E-state index contributed by atoms with van der Waals surface area (Å²) in [7, 11) is 0. The summed E-state index contributed by atoms with van der Waals surface area (Å²) in [6, 6.07) is 1.83. The highest BCUT2D eigenvalue weighted by molar-refractivity contribution is 6.00. The smallest absolute Gasteiger partial charge is 0.255 e. The van der Waals surface area contributed by atoms with Gasteiger partial charge in [0.15, 0.2) is 0 Å². The van der Waals surface area contributed by atoms with Crippen molar-refractivity contribution in [3.63, 3.8) is 0 Å². The monoisotopic (exact) mass is 278 g/mol. The molecule has 2 amide bonds. The maximum absolute atomic E-state index is 12.1. The molecular formula is C14H22N4O2. The highest BCUT2D eigenvalue weighted by atomic mass is 16.2. The number of likely N-dealkylation sites (N-methyl/N-ethyl adjacent to an activating group) is 1. The number of hydrogen-bond donors (Lipinski definition) is 3. The highest BCUT2D eigenvalue weighted by Gasteiger charge is 2.13. The van der Waals surface area contributed by atoms with Crippen LogP contribution in [0.3, 0.4) is 0 Å². The van der Waals surface area contributed by atoms with E-state index in [4.69, 9.17) is 0 Å². The molecule has 0 spiro atoms. The number of amides is 2. The molecule has 0 unspecified atom stereocenters. The van der Waals surface area contributed by atoms with Crippen molar-refractivity contribution in [3.8, 4) is 0 Å². The molecule has 20 heavy (non-hydrogen) atoms. The van der Waals surface area contributed by atoms with Crippen molar-refractivity contribution < 1.29 is 9.59 Å². The molecule has 0 fully saturated rings. The van der Waals surface area contributed by atoms with Crippen LogP contribution in [0.1, 0.15) is 36.3 Å². The normalized spacial score (nSPS) is 9.95. The number of aryl methyl sites for hydroxylation is 1. The van der Waals surface area contributed by atoms with Crippen molar-refractivity contribution in [2.24, 2.45) is 0 Å². The van der Waals surface area contributed by atoms with Crippen molar-refractivity contribution in [1.29, 1.82) is 0 Å². The minimum atomic E-state index is -0.303. The van der Waals surface area contributed by atoms with Gasteiger partial charge in [-0.15, -0.1) is 0 Å². The summed E-state index contributed by atoms with van der Waals surface area (Å²) >= 11 is 0. The maximum Gasteiger partial charge on any atom is 0.255 e. The molecule has 6 nitrogen and oxygen atoms in total. The molecule has 0 aliphatic carbocycles. The molecule has 1 rings (SSSR count). The van der Waals surface area contributed by atoms with Crippen molar-refractivity contribution in [2.75, 3.05) is 25.0 Å². The van der Waals surface area contributed by atoms with Gasteiger partial charge in [0, 0.05) is 25.0 Å². The van der Waals surface area contributed by atoms with Crippen LogP contribution in [0.2, 0.25) is 0 Å². The third-order valence-corrected chi connectivity index (χ3v) is 2.63. The predicted octanol–water partition coefficient (Wildman–Crippen LogP) is 1.08. The second-order valence-electron chi connectivity index (χ2n) is 4.43. The van der Waals surface area contributed by atoms with Gasteiger partial charge in [0.25, 0.3) is 5.91 Å². The third kappa shape index (κ3) is 4.87. The lowest BCUT2D eigenvalue weighted by Crippen LogP contribution is -2.37. The van der Waals surface area contributed by atoms with Gasteiger partial charge in [0.05, 0.1) is 17.8 Å². The molecule has 6 heteroatoms. The number of rotatable bonds is 7. The molecule has 1 aromatic rings. The zero-order valence-corrected chi connectivity index (χ0v) is 12.2. The fourth-order valence-electron chi connectivity index (χ4n) is 1.66. The fraction of sp³-hybridized carbons (Fsp3) is 0.500. The predicted molar refractivity (Wildman–Crippen MR) is 78.8 cm³/mol. The van der Waals surface area contributed by atoms with Crippen molar-refractivity contribution in [1.82, 2.24) is 15.6 Å². The maximum atomic E-state index is 12.1. The molecule has 0 aliphatic heterocycles. The molecule has 3 N–H and O–H groups in total. The summed E-state index contributed by atoms with van der Waals surface area (Å²) in [5, 5.41) is 8.41. The van der Waals surface area contributed by atoms with Gasteiger partial charge in [0.1, 0.15) is 0 Å². The van der Waals surface area contributed by atoms with E-state index >= 15 is 0 Å². The Morgan fingerprint density at radius 1 is 1.25 bits per heavy atom. The highest BCUT2D eigenvalue weighted by Crippen LogP contribution is 2.15. The third-order valence-electron chi connectivity index (χ3n) is 2.63. The summed E-state index contributed by atoms with van der Waals surface area (Å²) in [5.41, 5.74) is 2.03. The van der Waals surface area contributed by atoms with Crippen molar-refractivity contribution in [2.45, 2.75) is 27.2 Å². The fourth-order valence-corrected chi connectivity index (χ4v) is 1.66. The average Bonchev–Trinajstić information content (AvgIpc) is 2.43. The number of aromatic nitrogens is 1. The summed E-state index contributed by atoms with van der Waals surface area (Å²) in [6.07, 6.45) is 2.49. The average molecular weight is 278 g/mol. The van der Waals surface area contributed by atoms with Crippen LogP contribution in [0.15, 0.2) is 12.3 Å². The molecule has 1 heterocycles. The van der Waals surface area contributed by atoms with Crippen LogP contribution in [0.5, 0.6) is 0 Å². The lowest BCUT2D eigenvalue weighted by molar-refractivity contribution is -0.120. The molecule has 0 bridgehead atoms. The first kappa shape index (κ1) is 15.9. The molecule has 0 atom stereocenters. The van der Waals surface area contributed by atoms with Crippen LogP contribution in [0.4, 0.5) is 5.69 Å². The Kier molecular flexibility index (Phi) is 6.49. The van der Waals surface area contributed by atoms with Gasteiger partial charge < -0.3 is 16.0 Å². The second kappa shape index (κ2) is 8.14. The minimum absolute atomic E-state index is 0.0340. The summed E-state index contributed by atoms with van der Waals surface area (Å²) in [4.78, 5) is 27.5. The first-order valence-corrected chi connectivity index (χ1v) is 6.83. The molecule has 110 valence electrons. The standard InChI is InChI=1S/C14H22N4O2/c1-4-6-16-12-7-10(3)17-8-11(12)14(20)18-9-13(19)15-5-2/h7-8H,4-6,9H2,1-3H3,(H,15,19)(H,16,17)(H,18,20). The SMILES string of the molecule is CCCNc1cc(C)ncc1C(=O)NCC(=O)NCC. The topological polar surface area (TPSA) is 83.1 Å². The molecule has 0 aliphatic rings. The van der Waals surface area contributed by atoms with E-state index < -0.39 is 0 Å². The van der Waals surface area contributed by atoms with E-state index in [9.17, 15) is 9.59 Å². The van der Waals surface area contributed by atoms with Crippen LogP contribution < -0.4 is 16.0 Å². The van der Waals surface area contributed by atoms with Crippen molar-refractivity contribution in [3.05, 3.63) is 23.5 Å². The van der Waals surface area contributed by atoms with Gasteiger partial charge in [-0.25, -0.2) is 0 Å². The Hall–Kier alpha value is -2.11. The van der Waals surface area contributed by atoms with E-state index in [0.29, 0.717) is 12.1 Å². The molecule has 0 aromatic carbocycles. The number of nitrogens with zero attached hydrogens (tertiary/aromatic N) is 1. The Labute approximate surface area is 119 Å². The molecule has 1 aromatic heterocycles. The van der Waals surface area contributed by atoms with E-state index in [1.807, 2.05) is 19.9 Å². The Balaban J connectivity index is 2.73. The zero-order valence-electron chi connectivity index (χ0n) is 12.2. The lowest BCUT2D eigenvalue weighted by atomic mass is 10.2. The Morgan fingerprint density at radius 3 is 2.65 bits per heavy atom. The number of carbonyl (C=O) groups is 2. The van der Waals surface area contributed by atoms with E-state index in [2.05, 4.69) is 27.9 Å². The molecule has 0 saturated heterocycles. The second-order valence-corrected chi connectivity index (χ2v) is 4.43. The number of hydrogen-bond acceptors (Lipinski definition) is 4. The Bertz CT molecular complexity index is 474.